The van der Waals surface area contributed by atoms with Crippen molar-refractivity contribution in [3.8, 4) is 0 Å². The first kappa shape index (κ1) is 15.4. The summed E-state index contributed by atoms with van der Waals surface area (Å²) >= 11 is 0. The number of hydrogen-bond acceptors (Lipinski definition) is 5. The average Bonchev–Trinajstić information content (AvgIpc) is 2.47. The summed E-state index contributed by atoms with van der Waals surface area (Å²) in [5.41, 5.74) is 1.05. The molecule has 0 radical (unpaired) electrons. The minimum atomic E-state index is -3.51. The number of morpholine rings is 1. The highest BCUT2D eigenvalue weighted by Crippen LogP contribution is 2.16. The number of nitrogens with one attached hydrogen (secondary N) is 2. The minimum absolute atomic E-state index is 0.193. The Morgan fingerprint density at radius 2 is 1.80 bits per heavy atom. The number of nitrogens with zero attached hydrogens (tertiary/aromatic N) is 1. The van der Waals surface area contributed by atoms with Crippen molar-refractivity contribution in [3.05, 3.63) is 29.8 Å². The molecule has 2 rings (SSSR count). The van der Waals surface area contributed by atoms with E-state index in [2.05, 4.69) is 10.1 Å². The van der Waals surface area contributed by atoms with Gasteiger partial charge in [0, 0.05) is 19.1 Å². The van der Waals surface area contributed by atoms with Crippen molar-refractivity contribution in [2.45, 2.75) is 17.9 Å². The minimum Gasteiger partial charge on any atom is -0.379 e. The number of hydrazine groups is 1. The highest BCUT2D eigenvalue weighted by Gasteiger charge is 2.20. The standard InChI is InChI=1S/C13H21N3O3S/c1-11(14-2)12-3-5-13(6-4-12)20(17,18)15-16-7-9-19-10-8-16/h3-6,11,14-15H,7-10H2,1-2H3. The molecule has 7 heteroatoms. The van der Waals surface area contributed by atoms with Crippen LogP contribution in [0, 0.1) is 0 Å². The molecule has 1 fully saturated rings. The van der Waals surface area contributed by atoms with Crippen molar-refractivity contribution in [2.24, 2.45) is 0 Å². The Kier molecular flexibility index (Phi) is 5.11. The lowest BCUT2D eigenvalue weighted by Gasteiger charge is -2.26. The summed E-state index contributed by atoms with van der Waals surface area (Å²) in [5, 5.41) is 4.79. The zero-order chi connectivity index (χ0) is 14.6. The molecule has 1 unspecified atom stereocenters. The Bertz CT molecular complexity index is 524. The molecule has 0 aromatic heterocycles. The van der Waals surface area contributed by atoms with E-state index in [1.165, 1.54) is 0 Å². The first-order valence-electron chi connectivity index (χ1n) is 6.65. The van der Waals surface area contributed by atoms with Gasteiger partial charge in [0.05, 0.1) is 18.1 Å². The lowest BCUT2D eigenvalue weighted by molar-refractivity contribution is 0.0272. The highest BCUT2D eigenvalue weighted by molar-refractivity contribution is 7.89. The van der Waals surface area contributed by atoms with Gasteiger partial charge in [-0.05, 0) is 31.7 Å². The van der Waals surface area contributed by atoms with E-state index >= 15 is 0 Å². The first-order chi connectivity index (χ1) is 9.53. The summed E-state index contributed by atoms with van der Waals surface area (Å²) in [6.07, 6.45) is 0. The fraction of sp³-hybridized carbons (Fsp3) is 0.538. The SMILES string of the molecule is CNC(C)c1ccc(S(=O)(=O)NN2CCOCC2)cc1. The van der Waals surface area contributed by atoms with E-state index in [-0.39, 0.29) is 10.9 Å². The molecule has 1 aromatic carbocycles. The van der Waals surface area contributed by atoms with Crippen LogP contribution < -0.4 is 10.1 Å². The van der Waals surface area contributed by atoms with Crippen LogP contribution in [0.3, 0.4) is 0 Å². The summed E-state index contributed by atoms with van der Waals surface area (Å²) < 4.78 is 29.7. The van der Waals surface area contributed by atoms with Gasteiger partial charge >= 0.3 is 0 Å². The van der Waals surface area contributed by atoms with E-state index in [1.807, 2.05) is 26.1 Å². The van der Waals surface area contributed by atoms with E-state index in [4.69, 9.17) is 4.74 Å². The molecule has 0 aliphatic carbocycles. The van der Waals surface area contributed by atoms with Crippen LogP contribution in [0.4, 0.5) is 0 Å². The van der Waals surface area contributed by atoms with Gasteiger partial charge in [0.2, 0.25) is 0 Å². The second-order valence-electron chi connectivity index (χ2n) is 4.77. The molecular formula is C13H21N3O3S. The van der Waals surface area contributed by atoms with Gasteiger partial charge < -0.3 is 10.1 Å². The maximum absolute atomic E-state index is 12.2. The second-order valence-corrected chi connectivity index (χ2v) is 6.43. The third kappa shape index (κ3) is 3.77. The lowest BCUT2D eigenvalue weighted by atomic mass is 10.1. The lowest BCUT2D eigenvalue weighted by Crippen LogP contribution is -2.48. The molecule has 0 bridgehead atoms. The summed E-state index contributed by atoms with van der Waals surface area (Å²) in [5.74, 6) is 0. The normalized spacial score (nSPS) is 18.9. The predicted octanol–water partition coefficient (Wildman–Crippen LogP) is 0.493. The van der Waals surface area contributed by atoms with Crippen LogP contribution >= 0.6 is 0 Å². The van der Waals surface area contributed by atoms with E-state index < -0.39 is 10.0 Å². The fourth-order valence-electron chi connectivity index (χ4n) is 1.98. The smallest absolute Gasteiger partial charge is 0.253 e. The molecule has 1 aromatic rings. The predicted molar refractivity (Wildman–Crippen MR) is 76.6 cm³/mol. The monoisotopic (exact) mass is 299 g/mol. The molecule has 112 valence electrons. The summed E-state index contributed by atoms with van der Waals surface area (Å²) in [4.78, 5) is 2.86. The van der Waals surface area contributed by atoms with Gasteiger partial charge in [0.25, 0.3) is 10.0 Å². The van der Waals surface area contributed by atoms with Gasteiger partial charge in [-0.15, -0.1) is 4.83 Å². The van der Waals surface area contributed by atoms with Crippen molar-refractivity contribution >= 4 is 10.0 Å². The number of benzene rings is 1. The molecule has 1 aliphatic heterocycles. The van der Waals surface area contributed by atoms with E-state index in [9.17, 15) is 8.42 Å². The van der Waals surface area contributed by atoms with Crippen LogP contribution in [-0.2, 0) is 14.8 Å². The third-order valence-electron chi connectivity index (χ3n) is 3.38. The van der Waals surface area contributed by atoms with Crippen molar-refractivity contribution in [1.29, 1.82) is 0 Å². The Morgan fingerprint density at radius 1 is 1.20 bits per heavy atom. The van der Waals surface area contributed by atoms with Crippen molar-refractivity contribution in [1.82, 2.24) is 15.2 Å². The van der Waals surface area contributed by atoms with Gasteiger partial charge in [-0.25, -0.2) is 13.4 Å². The molecule has 0 spiro atoms. The zero-order valence-electron chi connectivity index (χ0n) is 11.8. The van der Waals surface area contributed by atoms with Crippen molar-refractivity contribution < 1.29 is 13.2 Å². The van der Waals surface area contributed by atoms with E-state index in [1.54, 1.807) is 17.1 Å². The number of rotatable bonds is 5. The Balaban J connectivity index is 2.08. The van der Waals surface area contributed by atoms with Crippen LogP contribution in [0.5, 0.6) is 0 Å². The summed E-state index contributed by atoms with van der Waals surface area (Å²) in [6, 6.07) is 7.11. The molecule has 1 saturated heterocycles. The molecule has 0 amide bonds. The topological polar surface area (TPSA) is 70.7 Å². The highest BCUT2D eigenvalue weighted by atomic mass is 32.2. The Morgan fingerprint density at radius 3 is 2.35 bits per heavy atom. The fourth-order valence-corrected chi connectivity index (χ4v) is 3.10. The largest absolute Gasteiger partial charge is 0.379 e. The van der Waals surface area contributed by atoms with E-state index in [0.717, 1.165) is 5.56 Å². The average molecular weight is 299 g/mol. The Labute approximate surface area is 120 Å². The van der Waals surface area contributed by atoms with Gasteiger partial charge in [-0.1, -0.05) is 12.1 Å². The van der Waals surface area contributed by atoms with Crippen molar-refractivity contribution in [3.63, 3.8) is 0 Å². The van der Waals surface area contributed by atoms with Crippen LogP contribution in [0.2, 0.25) is 0 Å². The van der Waals surface area contributed by atoms with Gasteiger partial charge in [-0.3, -0.25) is 0 Å². The molecular weight excluding hydrogens is 278 g/mol. The molecule has 2 N–H and O–H groups in total. The van der Waals surface area contributed by atoms with Crippen LogP contribution in [0.25, 0.3) is 0 Å². The van der Waals surface area contributed by atoms with Crippen LogP contribution in [0.1, 0.15) is 18.5 Å². The number of hydrogen-bond donors (Lipinski definition) is 2. The second kappa shape index (κ2) is 6.64. The molecule has 1 heterocycles. The number of ether oxygens (including phenoxy) is 1. The first-order valence-corrected chi connectivity index (χ1v) is 8.13. The third-order valence-corrected chi connectivity index (χ3v) is 4.78. The van der Waals surface area contributed by atoms with E-state index in [0.29, 0.717) is 26.3 Å². The molecule has 20 heavy (non-hydrogen) atoms. The quantitative estimate of drug-likeness (QED) is 0.828. The maximum Gasteiger partial charge on any atom is 0.253 e. The van der Waals surface area contributed by atoms with Crippen LogP contribution in [-0.4, -0.2) is 46.8 Å². The zero-order valence-corrected chi connectivity index (χ0v) is 12.6. The van der Waals surface area contributed by atoms with Crippen molar-refractivity contribution in [2.75, 3.05) is 33.4 Å². The van der Waals surface area contributed by atoms with Gasteiger partial charge in [0.1, 0.15) is 0 Å². The maximum atomic E-state index is 12.2. The molecule has 6 nitrogen and oxygen atoms in total. The van der Waals surface area contributed by atoms with Gasteiger partial charge in [-0.2, -0.15) is 0 Å². The summed E-state index contributed by atoms with van der Waals surface area (Å²) in [6.45, 7) is 4.24. The van der Waals surface area contributed by atoms with Crippen LogP contribution in [0.15, 0.2) is 29.2 Å². The molecule has 1 atom stereocenters. The Hall–Kier alpha value is -0.990. The summed E-state index contributed by atoms with van der Waals surface area (Å²) in [7, 11) is -1.64. The molecule has 1 aliphatic rings. The molecule has 0 saturated carbocycles. The number of sulfonamides is 1. The van der Waals surface area contributed by atoms with Gasteiger partial charge in [0.15, 0.2) is 0 Å².